The molecular formula is C10H12N2. The van der Waals surface area contributed by atoms with E-state index >= 15 is 0 Å². The fraction of sp³-hybridized carbons (Fsp3) is 0.200. The van der Waals surface area contributed by atoms with Crippen LogP contribution in [0, 0.1) is 6.92 Å². The second-order valence-electron chi connectivity index (χ2n) is 3.00. The van der Waals surface area contributed by atoms with Crippen LogP contribution in [0.4, 0.5) is 5.69 Å². The number of aromatic amines is 1. The molecule has 1 aromatic carbocycles. The van der Waals surface area contributed by atoms with E-state index in [0.717, 1.165) is 5.69 Å². The van der Waals surface area contributed by atoms with E-state index in [1.165, 1.54) is 16.6 Å². The summed E-state index contributed by atoms with van der Waals surface area (Å²) in [6.07, 6.45) is 0. The molecule has 2 nitrogen and oxygen atoms in total. The van der Waals surface area contributed by atoms with Crippen LogP contribution in [-0.2, 0) is 0 Å². The fourth-order valence-corrected chi connectivity index (χ4v) is 1.43. The molecule has 0 amide bonds. The van der Waals surface area contributed by atoms with Crippen LogP contribution in [0.25, 0.3) is 10.9 Å². The molecule has 2 heteroatoms. The van der Waals surface area contributed by atoms with E-state index in [4.69, 9.17) is 0 Å². The van der Waals surface area contributed by atoms with Crippen LogP contribution in [0.5, 0.6) is 0 Å². The minimum absolute atomic E-state index is 1.14. The van der Waals surface area contributed by atoms with Gasteiger partial charge in [0.25, 0.3) is 0 Å². The normalized spacial score (nSPS) is 10.5. The van der Waals surface area contributed by atoms with Gasteiger partial charge in [-0.1, -0.05) is 6.07 Å². The summed E-state index contributed by atoms with van der Waals surface area (Å²) >= 11 is 0. The number of aryl methyl sites for hydroxylation is 1. The maximum absolute atomic E-state index is 3.29. The first-order valence-corrected chi connectivity index (χ1v) is 4.07. The second kappa shape index (κ2) is 2.55. The highest BCUT2D eigenvalue weighted by molar-refractivity contribution is 5.83. The van der Waals surface area contributed by atoms with Crippen LogP contribution < -0.4 is 5.32 Å². The summed E-state index contributed by atoms with van der Waals surface area (Å²) in [5.41, 5.74) is 3.54. The number of fused-ring (bicyclic) bond motifs is 1. The van der Waals surface area contributed by atoms with Crippen LogP contribution in [0.3, 0.4) is 0 Å². The summed E-state index contributed by atoms with van der Waals surface area (Å²) in [5.74, 6) is 0. The Kier molecular flexibility index (Phi) is 1.54. The summed E-state index contributed by atoms with van der Waals surface area (Å²) in [7, 11) is 1.93. The Morgan fingerprint density at radius 3 is 2.83 bits per heavy atom. The Bertz CT molecular complexity index is 401. The minimum Gasteiger partial charge on any atom is -0.388 e. The lowest BCUT2D eigenvalue weighted by molar-refractivity contribution is 1.30. The predicted molar refractivity (Wildman–Crippen MR) is 52.6 cm³/mol. The van der Waals surface area contributed by atoms with Gasteiger partial charge in [0.15, 0.2) is 0 Å². The lowest BCUT2D eigenvalue weighted by Gasteiger charge is -1.97. The molecule has 0 spiro atoms. The molecule has 62 valence electrons. The van der Waals surface area contributed by atoms with Gasteiger partial charge in [-0.3, -0.25) is 0 Å². The zero-order valence-corrected chi connectivity index (χ0v) is 7.31. The van der Waals surface area contributed by atoms with E-state index in [9.17, 15) is 0 Å². The van der Waals surface area contributed by atoms with Crippen molar-refractivity contribution in [2.24, 2.45) is 0 Å². The molecule has 0 radical (unpaired) electrons. The Balaban J connectivity index is 2.66. The Morgan fingerprint density at radius 1 is 1.25 bits per heavy atom. The zero-order chi connectivity index (χ0) is 8.55. The summed E-state index contributed by atoms with van der Waals surface area (Å²) in [6.45, 7) is 2.07. The van der Waals surface area contributed by atoms with Crippen molar-refractivity contribution in [2.45, 2.75) is 6.92 Å². The van der Waals surface area contributed by atoms with Crippen LogP contribution in [0.15, 0.2) is 24.3 Å². The average molecular weight is 160 g/mol. The summed E-state index contributed by atoms with van der Waals surface area (Å²) < 4.78 is 0. The molecule has 0 atom stereocenters. The van der Waals surface area contributed by atoms with Gasteiger partial charge < -0.3 is 10.3 Å². The summed E-state index contributed by atoms with van der Waals surface area (Å²) in [6, 6.07) is 8.46. The first kappa shape index (κ1) is 7.22. The number of nitrogens with one attached hydrogen (secondary N) is 2. The minimum atomic E-state index is 1.14. The van der Waals surface area contributed by atoms with Gasteiger partial charge in [-0.25, -0.2) is 0 Å². The molecule has 2 aromatic rings. The van der Waals surface area contributed by atoms with Crippen LogP contribution in [-0.4, -0.2) is 12.0 Å². The Morgan fingerprint density at radius 2 is 2.08 bits per heavy atom. The molecule has 0 aliphatic carbocycles. The third-order valence-corrected chi connectivity index (χ3v) is 2.05. The third-order valence-electron chi connectivity index (χ3n) is 2.05. The molecule has 1 aromatic heterocycles. The molecule has 0 fully saturated rings. The summed E-state index contributed by atoms with van der Waals surface area (Å²) in [4.78, 5) is 3.29. The molecule has 0 unspecified atom stereocenters. The highest BCUT2D eigenvalue weighted by atomic mass is 14.8. The van der Waals surface area contributed by atoms with Crippen molar-refractivity contribution in [1.82, 2.24) is 4.98 Å². The molecule has 0 saturated heterocycles. The Hall–Kier alpha value is -1.44. The van der Waals surface area contributed by atoms with Crippen molar-refractivity contribution in [1.29, 1.82) is 0 Å². The first-order chi connectivity index (χ1) is 5.79. The number of aromatic nitrogens is 1. The number of hydrogen-bond donors (Lipinski definition) is 2. The van der Waals surface area contributed by atoms with E-state index in [2.05, 4.69) is 41.5 Å². The molecular weight excluding hydrogens is 148 g/mol. The monoisotopic (exact) mass is 160 g/mol. The van der Waals surface area contributed by atoms with E-state index in [1.54, 1.807) is 0 Å². The van der Waals surface area contributed by atoms with Gasteiger partial charge in [-0.15, -0.1) is 0 Å². The van der Waals surface area contributed by atoms with Gasteiger partial charge in [0, 0.05) is 23.9 Å². The van der Waals surface area contributed by atoms with E-state index in [0.29, 0.717) is 0 Å². The molecule has 0 aliphatic heterocycles. The van der Waals surface area contributed by atoms with Crippen LogP contribution in [0.1, 0.15) is 5.69 Å². The standard InChI is InChI=1S/C10H12N2/c1-7-5-8-3-4-9(11-2)6-10(8)12-7/h3-6,11-12H,1-2H3. The molecule has 0 aliphatic rings. The average Bonchev–Trinajstić information content (AvgIpc) is 2.43. The molecule has 0 saturated carbocycles. The predicted octanol–water partition coefficient (Wildman–Crippen LogP) is 2.52. The number of anilines is 1. The van der Waals surface area contributed by atoms with Gasteiger partial charge in [0.1, 0.15) is 0 Å². The lowest BCUT2D eigenvalue weighted by atomic mass is 10.2. The van der Waals surface area contributed by atoms with Crippen molar-refractivity contribution in [3.63, 3.8) is 0 Å². The fourth-order valence-electron chi connectivity index (χ4n) is 1.43. The molecule has 2 rings (SSSR count). The number of rotatable bonds is 1. The maximum atomic E-state index is 3.29. The SMILES string of the molecule is CNc1ccc2cc(C)[nH]c2c1. The topological polar surface area (TPSA) is 27.8 Å². The first-order valence-electron chi connectivity index (χ1n) is 4.07. The van der Waals surface area contributed by atoms with Crippen molar-refractivity contribution in [3.05, 3.63) is 30.0 Å². The van der Waals surface area contributed by atoms with E-state index in [1.807, 2.05) is 7.05 Å². The smallest absolute Gasteiger partial charge is 0.0476 e. The maximum Gasteiger partial charge on any atom is 0.0476 e. The number of benzene rings is 1. The Labute approximate surface area is 71.6 Å². The largest absolute Gasteiger partial charge is 0.388 e. The number of hydrogen-bond acceptors (Lipinski definition) is 1. The number of H-pyrrole nitrogens is 1. The van der Waals surface area contributed by atoms with Gasteiger partial charge >= 0.3 is 0 Å². The van der Waals surface area contributed by atoms with Crippen molar-refractivity contribution in [2.75, 3.05) is 12.4 Å². The van der Waals surface area contributed by atoms with Gasteiger partial charge in [0.2, 0.25) is 0 Å². The lowest BCUT2D eigenvalue weighted by Crippen LogP contribution is -1.85. The van der Waals surface area contributed by atoms with Crippen LogP contribution in [0.2, 0.25) is 0 Å². The molecule has 0 bridgehead atoms. The zero-order valence-electron chi connectivity index (χ0n) is 7.31. The van der Waals surface area contributed by atoms with Crippen LogP contribution >= 0.6 is 0 Å². The van der Waals surface area contributed by atoms with Gasteiger partial charge in [-0.2, -0.15) is 0 Å². The van der Waals surface area contributed by atoms with E-state index in [-0.39, 0.29) is 0 Å². The second-order valence-corrected chi connectivity index (χ2v) is 3.00. The summed E-state index contributed by atoms with van der Waals surface area (Å²) in [5, 5.41) is 4.38. The van der Waals surface area contributed by atoms with Crippen molar-refractivity contribution >= 4 is 16.6 Å². The van der Waals surface area contributed by atoms with Gasteiger partial charge in [0.05, 0.1) is 0 Å². The van der Waals surface area contributed by atoms with Gasteiger partial charge in [-0.05, 0) is 30.5 Å². The molecule has 1 heterocycles. The van der Waals surface area contributed by atoms with E-state index < -0.39 is 0 Å². The molecule has 2 N–H and O–H groups in total. The van der Waals surface area contributed by atoms with Crippen molar-refractivity contribution in [3.8, 4) is 0 Å². The third kappa shape index (κ3) is 1.05. The molecule has 12 heavy (non-hydrogen) atoms. The van der Waals surface area contributed by atoms with Crippen molar-refractivity contribution < 1.29 is 0 Å². The highest BCUT2D eigenvalue weighted by Crippen LogP contribution is 2.18. The highest BCUT2D eigenvalue weighted by Gasteiger charge is 1.96. The quantitative estimate of drug-likeness (QED) is 0.659.